The lowest BCUT2D eigenvalue weighted by molar-refractivity contribution is -0.167. The Kier molecular flexibility index (Phi) is 4.96. The Labute approximate surface area is 102 Å². The Morgan fingerprint density at radius 2 is 1.83 bits per heavy atom. The van der Waals surface area contributed by atoms with Gasteiger partial charge in [-0.2, -0.15) is 13.2 Å². The first-order valence-corrected chi connectivity index (χ1v) is 5.03. The SMILES string of the molecule is COCCOc1ccc(NC(=O)C(F)(F)F)cc1. The van der Waals surface area contributed by atoms with Crippen molar-refractivity contribution < 1.29 is 27.4 Å². The van der Waals surface area contributed by atoms with Crippen LogP contribution in [0.2, 0.25) is 0 Å². The first kappa shape index (κ1) is 14.3. The van der Waals surface area contributed by atoms with Crippen LogP contribution in [0.5, 0.6) is 5.75 Å². The molecule has 7 heteroatoms. The van der Waals surface area contributed by atoms with Gasteiger partial charge < -0.3 is 14.8 Å². The minimum absolute atomic E-state index is 0.0522. The minimum atomic E-state index is -4.90. The summed E-state index contributed by atoms with van der Waals surface area (Å²) in [6, 6.07) is 5.57. The van der Waals surface area contributed by atoms with Crippen LogP contribution in [-0.2, 0) is 9.53 Å². The van der Waals surface area contributed by atoms with Crippen LogP contribution < -0.4 is 10.1 Å². The van der Waals surface area contributed by atoms with E-state index in [-0.39, 0.29) is 5.69 Å². The van der Waals surface area contributed by atoms with Crippen molar-refractivity contribution in [1.82, 2.24) is 0 Å². The molecule has 0 aromatic heterocycles. The standard InChI is InChI=1S/C11H12F3NO3/c1-17-6-7-18-9-4-2-8(3-5-9)15-10(16)11(12,13)14/h2-5H,6-7H2,1H3,(H,15,16). The lowest BCUT2D eigenvalue weighted by atomic mass is 10.3. The van der Waals surface area contributed by atoms with Crippen molar-refractivity contribution in [1.29, 1.82) is 0 Å². The maximum Gasteiger partial charge on any atom is 0.471 e. The Balaban J connectivity index is 2.53. The molecule has 1 rings (SSSR count). The van der Waals surface area contributed by atoms with Gasteiger partial charge in [0.2, 0.25) is 0 Å². The Hall–Kier alpha value is -1.76. The molecular weight excluding hydrogens is 251 g/mol. The van der Waals surface area contributed by atoms with Crippen molar-refractivity contribution in [2.75, 3.05) is 25.6 Å². The van der Waals surface area contributed by atoms with Gasteiger partial charge in [0.15, 0.2) is 0 Å². The van der Waals surface area contributed by atoms with E-state index in [0.717, 1.165) is 0 Å². The topological polar surface area (TPSA) is 47.6 Å². The first-order chi connectivity index (χ1) is 8.43. The predicted molar refractivity (Wildman–Crippen MR) is 58.5 cm³/mol. The van der Waals surface area contributed by atoms with Crippen LogP contribution in [0.15, 0.2) is 24.3 Å². The highest BCUT2D eigenvalue weighted by Gasteiger charge is 2.38. The van der Waals surface area contributed by atoms with Gasteiger partial charge >= 0.3 is 12.1 Å². The molecule has 100 valence electrons. The molecule has 18 heavy (non-hydrogen) atoms. The number of anilines is 1. The fraction of sp³-hybridized carbons (Fsp3) is 0.364. The average Bonchev–Trinajstić information content (AvgIpc) is 2.30. The summed E-state index contributed by atoms with van der Waals surface area (Å²) >= 11 is 0. The molecule has 0 aliphatic heterocycles. The zero-order valence-electron chi connectivity index (χ0n) is 9.58. The number of methoxy groups -OCH3 is 1. The van der Waals surface area contributed by atoms with Gasteiger partial charge in [0.1, 0.15) is 12.4 Å². The summed E-state index contributed by atoms with van der Waals surface area (Å²) in [6.45, 7) is 0.747. The molecule has 0 aliphatic rings. The van der Waals surface area contributed by atoms with Crippen LogP contribution in [-0.4, -0.2) is 32.4 Å². The number of ether oxygens (including phenoxy) is 2. The largest absolute Gasteiger partial charge is 0.491 e. The first-order valence-electron chi connectivity index (χ1n) is 5.03. The van der Waals surface area contributed by atoms with Crippen LogP contribution in [0, 0.1) is 0 Å². The summed E-state index contributed by atoms with van der Waals surface area (Å²) in [5, 5.41) is 1.73. The lowest BCUT2D eigenvalue weighted by Crippen LogP contribution is -2.29. The van der Waals surface area contributed by atoms with E-state index in [0.29, 0.717) is 19.0 Å². The number of halogens is 3. The normalized spacial score (nSPS) is 11.1. The van der Waals surface area contributed by atoms with Crippen molar-refractivity contribution in [3.8, 4) is 5.75 Å². The van der Waals surface area contributed by atoms with Crippen molar-refractivity contribution in [3.63, 3.8) is 0 Å². The second-order valence-corrected chi connectivity index (χ2v) is 3.32. The Morgan fingerprint density at radius 3 is 2.33 bits per heavy atom. The molecule has 1 aromatic carbocycles. The van der Waals surface area contributed by atoms with Crippen LogP contribution in [0.4, 0.5) is 18.9 Å². The molecule has 0 heterocycles. The molecule has 0 bridgehead atoms. The number of hydrogen-bond acceptors (Lipinski definition) is 3. The molecule has 0 fully saturated rings. The summed E-state index contributed by atoms with van der Waals surface area (Å²) < 4.78 is 45.9. The second kappa shape index (κ2) is 6.25. The lowest BCUT2D eigenvalue weighted by Gasteiger charge is -2.09. The van der Waals surface area contributed by atoms with Gasteiger partial charge in [-0.05, 0) is 24.3 Å². The highest BCUT2D eigenvalue weighted by Crippen LogP contribution is 2.20. The van der Waals surface area contributed by atoms with E-state index >= 15 is 0 Å². The third-order valence-electron chi connectivity index (χ3n) is 1.93. The van der Waals surface area contributed by atoms with Gasteiger partial charge in [-0.3, -0.25) is 4.79 Å². The molecular formula is C11H12F3NO3. The number of benzene rings is 1. The molecule has 1 N–H and O–H groups in total. The van der Waals surface area contributed by atoms with Crippen molar-refractivity contribution in [3.05, 3.63) is 24.3 Å². The zero-order chi connectivity index (χ0) is 13.6. The predicted octanol–water partition coefficient (Wildman–Crippen LogP) is 2.21. The molecule has 1 aromatic rings. The fourth-order valence-electron chi connectivity index (χ4n) is 1.08. The van der Waals surface area contributed by atoms with E-state index in [9.17, 15) is 18.0 Å². The van der Waals surface area contributed by atoms with Gasteiger partial charge in [-0.15, -0.1) is 0 Å². The summed E-state index contributed by atoms with van der Waals surface area (Å²) in [4.78, 5) is 10.6. The smallest absolute Gasteiger partial charge is 0.471 e. The number of nitrogens with one attached hydrogen (secondary N) is 1. The van der Waals surface area contributed by atoms with Gasteiger partial charge in [-0.25, -0.2) is 0 Å². The number of carbonyl (C=O) groups is 1. The molecule has 0 spiro atoms. The summed E-state index contributed by atoms with van der Waals surface area (Å²) in [5.74, 6) is -1.52. The van der Waals surface area contributed by atoms with Gasteiger partial charge in [0.05, 0.1) is 6.61 Å². The number of rotatable bonds is 5. The minimum Gasteiger partial charge on any atom is -0.491 e. The number of hydrogen-bond donors (Lipinski definition) is 1. The molecule has 0 unspecified atom stereocenters. The van der Waals surface area contributed by atoms with E-state index in [2.05, 4.69) is 0 Å². The summed E-state index contributed by atoms with van der Waals surface area (Å²) in [5.41, 5.74) is 0.0522. The molecule has 1 amide bonds. The summed E-state index contributed by atoms with van der Waals surface area (Å²) in [7, 11) is 1.53. The molecule has 0 aliphatic carbocycles. The van der Waals surface area contributed by atoms with Crippen LogP contribution >= 0.6 is 0 Å². The number of amides is 1. The number of alkyl halides is 3. The van der Waals surface area contributed by atoms with Crippen molar-refractivity contribution in [2.45, 2.75) is 6.18 Å². The van der Waals surface area contributed by atoms with Gasteiger partial charge in [-0.1, -0.05) is 0 Å². The van der Waals surface area contributed by atoms with E-state index in [1.165, 1.54) is 31.4 Å². The third kappa shape index (κ3) is 4.62. The zero-order valence-corrected chi connectivity index (χ0v) is 9.58. The van der Waals surface area contributed by atoms with Gasteiger partial charge in [0, 0.05) is 12.8 Å². The average molecular weight is 263 g/mol. The Bertz CT molecular complexity index is 390. The maximum absolute atomic E-state index is 12.0. The molecule has 0 saturated heterocycles. The van der Waals surface area contributed by atoms with E-state index < -0.39 is 12.1 Å². The fourth-order valence-corrected chi connectivity index (χ4v) is 1.08. The van der Waals surface area contributed by atoms with Crippen molar-refractivity contribution >= 4 is 11.6 Å². The third-order valence-corrected chi connectivity index (χ3v) is 1.93. The van der Waals surface area contributed by atoms with Crippen LogP contribution in [0.25, 0.3) is 0 Å². The van der Waals surface area contributed by atoms with E-state index in [1.54, 1.807) is 5.32 Å². The quantitative estimate of drug-likeness (QED) is 0.828. The molecule has 0 radical (unpaired) electrons. The van der Waals surface area contributed by atoms with Crippen LogP contribution in [0.3, 0.4) is 0 Å². The highest BCUT2D eigenvalue weighted by molar-refractivity contribution is 5.94. The number of carbonyl (C=O) groups excluding carboxylic acids is 1. The molecule has 0 atom stereocenters. The maximum atomic E-state index is 12.0. The highest BCUT2D eigenvalue weighted by atomic mass is 19.4. The molecule has 0 saturated carbocycles. The monoisotopic (exact) mass is 263 g/mol. The van der Waals surface area contributed by atoms with E-state index in [4.69, 9.17) is 9.47 Å². The van der Waals surface area contributed by atoms with Crippen LogP contribution in [0.1, 0.15) is 0 Å². The molecule has 4 nitrogen and oxygen atoms in total. The summed E-state index contributed by atoms with van der Waals surface area (Å²) in [6.07, 6.45) is -4.90. The van der Waals surface area contributed by atoms with E-state index in [1.807, 2.05) is 0 Å². The van der Waals surface area contributed by atoms with Gasteiger partial charge in [0.25, 0.3) is 0 Å². The van der Waals surface area contributed by atoms with Crippen molar-refractivity contribution in [2.24, 2.45) is 0 Å². The Morgan fingerprint density at radius 1 is 1.22 bits per heavy atom. The second-order valence-electron chi connectivity index (χ2n) is 3.32.